The number of benzene rings is 1. The Balaban J connectivity index is 1.94. The molecule has 0 saturated carbocycles. The summed E-state index contributed by atoms with van der Waals surface area (Å²) in [5.41, 5.74) is 2.91. The number of hydrogen-bond acceptors (Lipinski definition) is 6. The Hall–Kier alpha value is -2.83. The van der Waals surface area contributed by atoms with E-state index < -0.39 is 5.91 Å². The molecule has 0 radical (unpaired) electrons. The fourth-order valence-electron chi connectivity index (χ4n) is 1.39. The summed E-state index contributed by atoms with van der Waals surface area (Å²) < 4.78 is 10.1. The van der Waals surface area contributed by atoms with Crippen molar-refractivity contribution >= 4 is 12.1 Å². The molecule has 0 fully saturated rings. The summed E-state index contributed by atoms with van der Waals surface area (Å²) in [6, 6.07) is 6.45. The smallest absolute Gasteiger partial charge is 0.327 e. The minimum absolute atomic E-state index is 0.120. The Kier molecular flexibility index (Phi) is 4.33. The van der Waals surface area contributed by atoms with Crippen molar-refractivity contribution in [2.24, 2.45) is 5.10 Å². The van der Waals surface area contributed by atoms with Crippen LogP contribution >= 0.6 is 0 Å². The number of rotatable bonds is 5. The van der Waals surface area contributed by atoms with Crippen LogP contribution in [-0.4, -0.2) is 28.8 Å². The summed E-state index contributed by atoms with van der Waals surface area (Å²) in [7, 11) is 0. The molecule has 0 bridgehead atoms. The second kappa shape index (κ2) is 6.37. The first-order chi connectivity index (χ1) is 9.69. The van der Waals surface area contributed by atoms with Crippen LogP contribution in [0.2, 0.25) is 0 Å². The van der Waals surface area contributed by atoms with Crippen molar-refractivity contribution < 1.29 is 19.1 Å². The van der Waals surface area contributed by atoms with Gasteiger partial charge in [-0.2, -0.15) is 5.10 Å². The molecule has 0 aliphatic heterocycles. The molecule has 1 amide bonds. The molecule has 0 spiro atoms. The topological polar surface area (TPSA) is 97.0 Å². The standard InChI is InChI=1S/C13H13N3O4/c1-2-19-11-8-14-13(20-11)12(18)16-15-7-9-4-3-5-10(17)6-9/h3-8,17H,2H2,1H3,(H,16,18)/b15-7-. The Bertz CT molecular complexity index is 622. The minimum atomic E-state index is -0.590. The van der Waals surface area contributed by atoms with E-state index in [0.717, 1.165) is 0 Å². The maximum Gasteiger partial charge on any atom is 0.327 e. The van der Waals surface area contributed by atoms with E-state index in [1.165, 1.54) is 24.5 Å². The van der Waals surface area contributed by atoms with Crippen molar-refractivity contribution in [1.82, 2.24) is 10.4 Å². The van der Waals surface area contributed by atoms with Crippen molar-refractivity contribution in [1.29, 1.82) is 0 Å². The van der Waals surface area contributed by atoms with Gasteiger partial charge < -0.3 is 14.3 Å². The van der Waals surface area contributed by atoms with Crippen LogP contribution < -0.4 is 10.2 Å². The van der Waals surface area contributed by atoms with Gasteiger partial charge in [0.15, 0.2) is 0 Å². The third kappa shape index (κ3) is 3.58. The first kappa shape index (κ1) is 13.6. The molecule has 7 nitrogen and oxygen atoms in total. The minimum Gasteiger partial charge on any atom is -0.508 e. The van der Waals surface area contributed by atoms with Crippen LogP contribution in [0.5, 0.6) is 11.7 Å². The molecular formula is C13H13N3O4. The van der Waals surface area contributed by atoms with Crippen molar-refractivity contribution in [2.45, 2.75) is 6.92 Å². The number of nitrogens with zero attached hydrogens (tertiary/aromatic N) is 2. The number of aromatic nitrogens is 1. The van der Waals surface area contributed by atoms with Gasteiger partial charge in [-0.1, -0.05) is 12.1 Å². The van der Waals surface area contributed by atoms with E-state index in [1.807, 2.05) is 0 Å². The number of hydrogen-bond donors (Lipinski definition) is 2. The molecule has 0 unspecified atom stereocenters. The Morgan fingerprint density at radius 2 is 2.45 bits per heavy atom. The molecule has 0 atom stereocenters. The molecule has 1 heterocycles. The van der Waals surface area contributed by atoms with Crippen LogP contribution in [0.4, 0.5) is 0 Å². The van der Waals surface area contributed by atoms with Crippen molar-refractivity contribution in [3.8, 4) is 11.7 Å². The molecule has 20 heavy (non-hydrogen) atoms. The van der Waals surface area contributed by atoms with Gasteiger partial charge >= 0.3 is 11.9 Å². The number of carbonyl (C=O) groups excluding carboxylic acids is 1. The molecule has 1 aromatic carbocycles. The van der Waals surface area contributed by atoms with E-state index in [0.29, 0.717) is 12.2 Å². The maximum absolute atomic E-state index is 11.6. The number of ether oxygens (including phenoxy) is 1. The van der Waals surface area contributed by atoms with Gasteiger partial charge in [-0.25, -0.2) is 10.4 Å². The van der Waals surface area contributed by atoms with Gasteiger partial charge in [0.2, 0.25) is 0 Å². The van der Waals surface area contributed by atoms with Crippen LogP contribution in [0.15, 0.2) is 40.0 Å². The molecule has 7 heteroatoms. The molecule has 2 rings (SSSR count). The number of oxazole rings is 1. The number of phenols is 1. The van der Waals surface area contributed by atoms with Crippen LogP contribution in [-0.2, 0) is 0 Å². The Morgan fingerprint density at radius 1 is 1.60 bits per heavy atom. The molecule has 2 aromatic rings. The summed E-state index contributed by atoms with van der Waals surface area (Å²) in [6.07, 6.45) is 2.71. The van der Waals surface area contributed by atoms with Crippen molar-refractivity contribution in [2.75, 3.05) is 6.61 Å². The first-order valence-electron chi connectivity index (χ1n) is 5.90. The SMILES string of the molecule is CCOc1cnc(C(=O)N/N=C\c2cccc(O)c2)o1. The summed E-state index contributed by atoms with van der Waals surface area (Å²) in [4.78, 5) is 15.4. The van der Waals surface area contributed by atoms with Gasteiger partial charge in [0.1, 0.15) is 11.9 Å². The number of aromatic hydroxyl groups is 1. The first-order valence-corrected chi connectivity index (χ1v) is 5.90. The highest BCUT2D eigenvalue weighted by atomic mass is 16.6. The lowest BCUT2D eigenvalue weighted by atomic mass is 10.2. The third-order valence-corrected chi connectivity index (χ3v) is 2.22. The lowest BCUT2D eigenvalue weighted by Crippen LogP contribution is -2.17. The summed E-state index contributed by atoms with van der Waals surface area (Å²) in [6.45, 7) is 2.22. The maximum atomic E-state index is 11.6. The third-order valence-electron chi connectivity index (χ3n) is 2.22. The highest BCUT2D eigenvalue weighted by Crippen LogP contribution is 2.12. The second-order valence-electron chi connectivity index (χ2n) is 3.71. The van der Waals surface area contributed by atoms with Gasteiger partial charge in [0, 0.05) is 0 Å². The van der Waals surface area contributed by atoms with Crippen LogP contribution in [0.1, 0.15) is 23.2 Å². The zero-order chi connectivity index (χ0) is 14.4. The average Bonchev–Trinajstić information content (AvgIpc) is 2.88. The number of hydrazone groups is 1. The van der Waals surface area contributed by atoms with E-state index in [1.54, 1.807) is 19.1 Å². The van der Waals surface area contributed by atoms with E-state index in [4.69, 9.17) is 9.15 Å². The zero-order valence-corrected chi connectivity index (χ0v) is 10.7. The fraction of sp³-hybridized carbons (Fsp3) is 0.154. The molecule has 0 aliphatic rings. The van der Waals surface area contributed by atoms with E-state index >= 15 is 0 Å². The molecule has 0 aliphatic carbocycles. The summed E-state index contributed by atoms with van der Waals surface area (Å²) in [5, 5.41) is 13.0. The lowest BCUT2D eigenvalue weighted by molar-refractivity contribution is 0.0912. The molecule has 1 aromatic heterocycles. The van der Waals surface area contributed by atoms with E-state index in [2.05, 4.69) is 15.5 Å². The highest BCUT2D eigenvalue weighted by molar-refractivity contribution is 5.90. The summed E-state index contributed by atoms with van der Waals surface area (Å²) in [5.74, 6) is -0.433. The molecular weight excluding hydrogens is 262 g/mol. The van der Waals surface area contributed by atoms with Gasteiger partial charge in [-0.3, -0.25) is 4.79 Å². The zero-order valence-electron chi connectivity index (χ0n) is 10.7. The van der Waals surface area contributed by atoms with Crippen LogP contribution in [0.3, 0.4) is 0 Å². The molecule has 0 saturated heterocycles. The quantitative estimate of drug-likeness (QED) is 0.637. The number of nitrogens with one attached hydrogen (secondary N) is 1. The number of phenolic OH excluding ortho intramolecular Hbond substituents is 1. The molecule has 104 valence electrons. The van der Waals surface area contributed by atoms with Crippen LogP contribution in [0, 0.1) is 0 Å². The van der Waals surface area contributed by atoms with Gasteiger partial charge in [0.05, 0.1) is 12.8 Å². The van der Waals surface area contributed by atoms with E-state index in [-0.39, 0.29) is 17.6 Å². The summed E-state index contributed by atoms with van der Waals surface area (Å²) >= 11 is 0. The Morgan fingerprint density at radius 3 is 3.20 bits per heavy atom. The second-order valence-corrected chi connectivity index (χ2v) is 3.71. The van der Waals surface area contributed by atoms with Crippen molar-refractivity contribution in [3.05, 3.63) is 41.9 Å². The monoisotopic (exact) mass is 275 g/mol. The normalized spacial score (nSPS) is 10.7. The predicted molar refractivity (Wildman–Crippen MR) is 70.8 cm³/mol. The van der Waals surface area contributed by atoms with Gasteiger partial charge in [0.25, 0.3) is 5.89 Å². The van der Waals surface area contributed by atoms with Gasteiger partial charge in [-0.15, -0.1) is 0 Å². The fourth-order valence-corrected chi connectivity index (χ4v) is 1.39. The molecule has 2 N–H and O–H groups in total. The van der Waals surface area contributed by atoms with Gasteiger partial charge in [-0.05, 0) is 24.6 Å². The average molecular weight is 275 g/mol. The van der Waals surface area contributed by atoms with Crippen LogP contribution in [0.25, 0.3) is 0 Å². The largest absolute Gasteiger partial charge is 0.508 e. The highest BCUT2D eigenvalue weighted by Gasteiger charge is 2.12. The Labute approximate surface area is 114 Å². The van der Waals surface area contributed by atoms with E-state index in [9.17, 15) is 9.90 Å². The lowest BCUT2D eigenvalue weighted by Gasteiger charge is -1.96. The predicted octanol–water partition coefficient (Wildman–Crippen LogP) is 1.54. The number of amides is 1. The number of carbonyl (C=O) groups is 1. The van der Waals surface area contributed by atoms with Crippen molar-refractivity contribution in [3.63, 3.8) is 0 Å².